The van der Waals surface area contributed by atoms with Crippen molar-refractivity contribution in [1.29, 1.82) is 0 Å². The molecule has 9 saturated heterocycles. The van der Waals surface area contributed by atoms with E-state index in [0.29, 0.717) is 0 Å². The zero-order chi connectivity index (χ0) is 93.9. The lowest BCUT2D eigenvalue weighted by Gasteiger charge is -2.52. The van der Waals surface area contributed by atoms with Crippen molar-refractivity contribution < 1.29 is 226 Å². The van der Waals surface area contributed by atoms with E-state index >= 15 is 0 Å². The molecule has 55 heteroatoms. The number of aliphatic hydroxyl groups excluding tert-OH is 20. The molecule has 0 aromatic carbocycles. The zero-order valence-corrected chi connectivity index (χ0v) is 69.9. The second-order valence-corrected chi connectivity index (χ2v) is 31.8. The fourth-order valence-corrected chi connectivity index (χ4v) is 16.6. The van der Waals surface area contributed by atoms with Gasteiger partial charge in [-0.3, -0.25) is 43.2 Å². The number of carbonyl (C=O) groups is 9. The molecule has 0 bridgehead atoms. The van der Waals surface area contributed by atoms with Crippen LogP contribution in [0.5, 0.6) is 0 Å². The predicted octanol–water partition coefficient (Wildman–Crippen LogP) is -19.3. The van der Waals surface area contributed by atoms with Crippen LogP contribution >= 0.6 is 0 Å². The van der Waals surface area contributed by atoms with E-state index in [0.717, 1.165) is 62.3 Å². The third kappa shape index (κ3) is 24.6. The fraction of sp³-hybridized carbons (Fsp3) is 0.875. The normalized spacial score (nSPS) is 44.2. The van der Waals surface area contributed by atoms with Gasteiger partial charge in [-0.1, -0.05) is 0 Å². The first-order valence-corrected chi connectivity index (χ1v) is 40.6. The molecule has 0 aromatic heterocycles. The number of hydrogen-bond donors (Lipinski definition) is 29. The van der Waals surface area contributed by atoms with E-state index in [9.17, 15) is 145 Å². The first-order valence-electron chi connectivity index (χ1n) is 40.6. The van der Waals surface area contributed by atoms with Crippen LogP contribution in [0.1, 0.15) is 62.3 Å². The van der Waals surface area contributed by atoms with Gasteiger partial charge in [-0.25, -0.2) is 0 Å². The Labute approximate surface area is 722 Å². The summed E-state index contributed by atoms with van der Waals surface area (Å²) < 4.78 is 103. The van der Waals surface area contributed by atoms with Gasteiger partial charge < -0.3 is 231 Å². The average molecular weight is 1850 g/mol. The van der Waals surface area contributed by atoms with Gasteiger partial charge in [0.2, 0.25) is 53.2 Å². The van der Waals surface area contributed by atoms with Gasteiger partial charge in [-0.2, -0.15) is 0 Å². The lowest BCUT2D eigenvalue weighted by molar-refractivity contribution is -0.375. The monoisotopic (exact) mass is 1850 g/mol. The number of aliphatic hydroxyl groups is 20. The van der Waals surface area contributed by atoms with Gasteiger partial charge in [0.15, 0.2) is 56.6 Å². The second kappa shape index (κ2) is 46.4. The number of ether oxygens (including phenoxy) is 17. The van der Waals surface area contributed by atoms with Crippen LogP contribution in [0.4, 0.5) is 0 Å². The molecule has 9 aliphatic rings. The number of hydrogen-bond acceptors (Lipinski definition) is 46. The summed E-state index contributed by atoms with van der Waals surface area (Å²) in [6, 6.07) is -16.2. The largest absolute Gasteiger partial charge is 0.394 e. The fourth-order valence-electron chi connectivity index (χ4n) is 16.6. The van der Waals surface area contributed by atoms with Crippen LogP contribution in [-0.2, 0) is 124 Å². The van der Waals surface area contributed by atoms with Gasteiger partial charge in [-0.15, -0.1) is 0 Å². The predicted molar refractivity (Wildman–Crippen MR) is 401 cm³/mol. The Morgan fingerprint density at radius 3 is 0.465 bits per heavy atom. The third-order valence-electron chi connectivity index (χ3n) is 22.4. The van der Waals surface area contributed by atoms with Gasteiger partial charge >= 0.3 is 0 Å². The van der Waals surface area contributed by atoms with Crippen molar-refractivity contribution in [3.05, 3.63) is 0 Å². The van der Waals surface area contributed by atoms with Crippen LogP contribution in [0.3, 0.4) is 0 Å². The van der Waals surface area contributed by atoms with Crippen molar-refractivity contribution in [3.8, 4) is 0 Å². The molecule has 29 N–H and O–H groups in total. The topological polar surface area (TPSA) is 823 Å². The van der Waals surface area contributed by atoms with Crippen molar-refractivity contribution in [2.45, 2.75) is 338 Å². The van der Waals surface area contributed by atoms with E-state index in [-0.39, 0.29) is 0 Å². The maximum atomic E-state index is 13.2. The maximum absolute atomic E-state index is 13.2. The van der Waals surface area contributed by atoms with E-state index in [4.69, 9.17) is 80.5 Å². The molecule has 728 valence electrons. The van der Waals surface area contributed by atoms with Crippen molar-refractivity contribution in [2.75, 3.05) is 59.5 Å². The number of carbonyl (C=O) groups excluding carboxylic acids is 9. The highest BCUT2D eigenvalue weighted by Gasteiger charge is 2.62. The van der Waals surface area contributed by atoms with E-state index in [1.165, 1.54) is 0 Å². The smallest absolute Gasteiger partial charge is 0.217 e. The SMILES string of the molecule is CC(=O)NC1C(O)OC(CO)C(OC2OC(CO)C(OC3OC(CO)C(OC4OC(CO)C(OC5OC(CO)C(OC6OC(CO)C(OC7OC(CO)C(OC8OC(CO)C(OC9OC(CO)C(O)C(O)C9NC(C)=O)C(O)C8NC(C)=O)C(O)C7NC(C)=O)C(O)C6NC(C)=O)C(O)C5NC(C)=O)C(O)C4NC(C)=O)C(O)C3NC(C)=O)C(O)C2NC(C)=O)C1O. The highest BCUT2D eigenvalue weighted by molar-refractivity contribution is 5.76. The van der Waals surface area contributed by atoms with Gasteiger partial charge in [0.1, 0.15) is 219 Å². The third-order valence-corrected chi connectivity index (χ3v) is 22.4. The molecule has 0 aliphatic carbocycles. The summed E-state index contributed by atoms with van der Waals surface area (Å²) in [5, 5.41) is 247. The lowest BCUT2D eigenvalue weighted by Crippen LogP contribution is -2.72. The molecule has 0 spiro atoms. The molecular formula is C72H119N9O46. The van der Waals surface area contributed by atoms with Crippen LogP contribution < -0.4 is 47.9 Å². The maximum Gasteiger partial charge on any atom is 0.217 e. The molecule has 9 rings (SSSR count). The molecule has 9 aliphatic heterocycles. The van der Waals surface area contributed by atoms with Gasteiger partial charge in [0, 0.05) is 62.3 Å². The number of rotatable bonds is 34. The lowest BCUT2D eigenvalue weighted by atomic mass is 9.92. The van der Waals surface area contributed by atoms with Crippen LogP contribution in [0.15, 0.2) is 0 Å². The summed E-state index contributed by atoms with van der Waals surface area (Å²) in [5.74, 6) is -7.80. The Morgan fingerprint density at radius 1 is 0.189 bits per heavy atom. The Bertz CT molecular complexity index is 3590. The first-order chi connectivity index (χ1) is 60.0. The summed E-state index contributed by atoms with van der Waals surface area (Å²) in [6.07, 6.45) is -69.4. The van der Waals surface area contributed by atoms with Gasteiger partial charge in [0.25, 0.3) is 0 Å². The molecule has 127 heavy (non-hydrogen) atoms. The standard InChI is InChI=1S/C72H119N9O46/c1-19(91)73-37-48(102)56(29(11-83)111-64(37)110)120-66-39(75-21(3)93)50(104)58(31(13-85)113-66)122-68-41(77-23(5)95)52(106)60(33(15-87)115-68)124-70-43(79-25(7)97)54(108)62(35(17-89)117-70)126-72-45(81-27(9)99)55(109)63(36(18-90)119-72)127-71-44(80-26(8)98)53(107)61(34(16-88)118-71)125-69-42(78-24(6)96)51(105)59(32(14-86)116-69)123-67-40(76-22(4)94)49(103)57(30(12-84)114-67)121-65-38(74-20(2)92)47(101)46(100)28(10-82)112-65/h28-72,82-90,100-110H,10-18H2,1-9H3,(H,73,91)(H,74,92)(H,75,93)(H,76,94)(H,77,95)(H,78,96)(H,79,97)(H,80,98)(H,81,99). The highest BCUT2D eigenvalue weighted by atomic mass is 16.8. The number of amides is 9. The van der Waals surface area contributed by atoms with E-state index in [2.05, 4.69) is 47.9 Å². The Morgan fingerprint density at radius 2 is 0.315 bits per heavy atom. The van der Waals surface area contributed by atoms with E-state index in [1.54, 1.807) is 0 Å². The molecule has 9 amide bonds. The molecule has 0 radical (unpaired) electrons. The molecule has 0 saturated carbocycles. The molecular weight excluding hydrogens is 1730 g/mol. The summed E-state index contributed by atoms with van der Waals surface area (Å²) in [5.41, 5.74) is 0. The summed E-state index contributed by atoms with van der Waals surface area (Å²) >= 11 is 0. The first kappa shape index (κ1) is 104. The molecule has 9 heterocycles. The van der Waals surface area contributed by atoms with E-state index in [1.807, 2.05) is 0 Å². The van der Waals surface area contributed by atoms with Crippen LogP contribution in [0, 0.1) is 0 Å². The van der Waals surface area contributed by atoms with Gasteiger partial charge in [-0.05, 0) is 0 Å². The molecule has 45 atom stereocenters. The minimum Gasteiger partial charge on any atom is -0.394 e. The molecule has 9 fully saturated rings. The molecule has 0 aromatic rings. The average Bonchev–Trinajstić information content (AvgIpc) is 0.763. The number of nitrogens with one attached hydrogen (secondary N) is 9. The Hall–Kier alpha value is -6.25. The quantitative estimate of drug-likeness (QED) is 0.0284. The van der Waals surface area contributed by atoms with Crippen LogP contribution in [-0.4, -0.2) is 491 Å². The van der Waals surface area contributed by atoms with Crippen LogP contribution in [0.25, 0.3) is 0 Å². The van der Waals surface area contributed by atoms with Crippen molar-refractivity contribution in [1.82, 2.24) is 47.9 Å². The summed E-state index contributed by atoms with van der Waals surface area (Å²) in [6.45, 7) is -0.665. The second-order valence-electron chi connectivity index (χ2n) is 31.8. The van der Waals surface area contributed by atoms with E-state index < -0.39 is 388 Å². The Balaban J connectivity index is 0.903. The zero-order valence-electron chi connectivity index (χ0n) is 69.9. The highest BCUT2D eigenvalue weighted by Crippen LogP contribution is 2.41. The van der Waals surface area contributed by atoms with Crippen molar-refractivity contribution >= 4 is 53.2 Å². The van der Waals surface area contributed by atoms with Crippen molar-refractivity contribution in [3.63, 3.8) is 0 Å². The van der Waals surface area contributed by atoms with Gasteiger partial charge in [0.05, 0.1) is 59.5 Å². The molecule has 55 nitrogen and oxygen atoms in total. The summed E-state index contributed by atoms with van der Waals surface area (Å²) in [4.78, 5) is 115. The van der Waals surface area contributed by atoms with Crippen LogP contribution in [0.2, 0.25) is 0 Å². The summed E-state index contributed by atoms with van der Waals surface area (Å²) in [7, 11) is 0. The minimum absolute atomic E-state index is 0.736. The molecule has 45 unspecified atom stereocenters. The van der Waals surface area contributed by atoms with Crippen molar-refractivity contribution in [2.24, 2.45) is 0 Å². The Kier molecular flexibility index (Phi) is 38.2. The minimum atomic E-state index is -2.20.